The van der Waals surface area contributed by atoms with Crippen molar-refractivity contribution in [2.45, 2.75) is 20.1 Å². The van der Waals surface area contributed by atoms with Crippen LogP contribution in [0, 0.1) is 18.6 Å². The van der Waals surface area contributed by atoms with Crippen LogP contribution in [0.4, 0.5) is 8.78 Å². The van der Waals surface area contributed by atoms with Crippen LogP contribution < -0.4 is 0 Å². The Morgan fingerprint density at radius 2 is 1.84 bits per heavy atom. The van der Waals surface area contributed by atoms with Crippen molar-refractivity contribution in [3.8, 4) is 34.0 Å². The van der Waals surface area contributed by atoms with E-state index in [2.05, 4.69) is 10.1 Å². The molecule has 0 bridgehead atoms. The third kappa shape index (κ3) is 6.37. The lowest BCUT2D eigenvalue weighted by molar-refractivity contribution is -0.138. The van der Waals surface area contributed by atoms with E-state index in [-0.39, 0.29) is 42.8 Å². The van der Waals surface area contributed by atoms with Gasteiger partial charge in [-0.05, 0) is 66.1 Å². The van der Waals surface area contributed by atoms with E-state index in [1.807, 2.05) is 49.4 Å². The van der Waals surface area contributed by atoms with Crippen molar-refractivity contribution in [1.82, 2.24) is 15.0 Å². The number of benzene rings is 3. The van der Waals surface area contributed by atoms with Gasteiger partial charge in [-0.1, -0.05) is 35.5 Å². The number of hydrogen-bond donors (Lipinski definition) is 1. The molecule has 0 atom stereocenters. The van der Waals surface area contributed by atoms with Crippen molar-refractivity contribution in [3.05, 3.63) is 82.9 Å². The lowest BCUT2D eigenvalue weighted by atomic mass is 9.94. The average molecular weight is 530 g/mol. The van der Waals surface area contributed by atoms with Crippen LogP contribution in [-0.4, -0.2) is 46.8 Å². The maximum absolute atomic E-state index is 14.6. The van der Waals surface area contributed by atoms with Crippen LogP contribution >= 0.6 is 12.4 Å². The van der Waals surface area contributed by atoms with Gasteiger partial charge in [-0.3, -0.25) is 9.69 Å². The fourth-order valence-electron chi connectivity index (χ4n) is 4.09. The summed E-state index contributed by atoms with van der Waals surface area (Å²) < 4.78 is 39.8. The van der Waals surface area contributed by atoms with Gasteiger partial charge in [0.05, 0.1) is 18.7 Å². The second-order valence-corrected chi connectivity index (χ2v) is 8.55. The second kappa shape index (κ2) is 12.1. The second-order valence-electron chi connectivity index (χ2n) is 8.55. The molecule has 0 fully saturated rings. The molecule has 10 heteroatoms. The smallest absolute Gasteiger partial charge is 0.317 e. The lowest BCUT2D eigenvalue weighted by Crippen LogP contribution is -2.25. The Labute approximate surface area is 219 Å². The zero-order valence-electron chi connectivity index (χ0n) is 20.5. The number of halogens is 3. The van der Waals surface area contributed by atoms with Crippen LogP contribution in [0.25, 0.3) is 34.0 Å². The van der Waals surface area contributed by atoms with Crippen LogP contribution in [0.1, 0.15) is 16.7 Å². The molecule has 37 heavy (non-hydrogen) atoms. The van der Waals surface area contributed by atoms with Crippen molar-refractivity contribution < 1.29 is 27.9 Å². The molecule has 3 aromatic carbocycles. The standard InChI is InChI=1S/C27H25F2N3O4.ClH/c1-16-6-4-5-7-20(16)21-9-8-18(12-19(21)15-35-3)27-30-26(31-36-27)22-10-17(11-23(28)25(22)29)13-32(2)14-24(33)34;/h4-12H,13-15H2,1-3H3,(H,33,34);1H. The summed E-state index contributed by atoms with van der Waals surface area (Å²) in [4.78, 5) is 16.7. The molecule has 1 aromatic heterocycles. The first-order valence-electron chi connectivity index (χ1n) is 11.2. The predicted molar refractivity (Wildman–Crippen MR) is 137 cm³/mol. The molecule has 0 amide bonds. The summed E-state index contributed by atoms with van der Waals surface area (Å²) in [6.45, 7) is 2.24. The summed E-state index contributed by atoms with van der Waals surface area (Å²) in [5.74, 6) is -3.18. The van der Waals surface area contributed by atoms with E-state index in [0.29, 0.717) is 17.7 Å². The van der Waals surface area contributed by atoms with E-state index >= 15 is 0 Å². The summed E-state index contributed by atoms with van der Waals surface area (Å²) in [6, 6.07) is 16.1. The number of methoxy groups -OCH3 is 1. The Bertz CT molecular complexity index is 1410. The minimum Gasteiger partial charge on any atom is -0.480 e. The number of carboxylic acids is 1. The van der Waals surface area contributed by atoms with Gasteiger partial charge in [0, 0.05) is 19.2 Å². The van der Waals surface area contributed by atoms with Crippen molar-refractivity contribution >= 4 is 18.4 Å². The molecule has 4 aromatic rings. The molecule has 1 heterocycles. The largest absolute Gasteiger partial charge is 0.480 e. The van der Waals surface area contributed by atoms with Gasteiger partial charge in [0.15, 0.2) is 11.6 Å². The lowest BCUT2D eigenvalue weighted by Gasteiger charge is -2.14. The Balaban J connectivity index is 0.00000380. The molecule has 0 aliphatic rings. The third-order valence-corrected chi connectivity index (χ3v) is 5.70. The first kappa shape index (κ1) is 27.9. The van der Waals surface area contributed by atoms with Gasteiger partial charge in [-0.15, -0.1) is 12.4 Å². The Morgan fingerprint density at radius 3 is 2.54 bits per heavy atom. The van der Waals surface area contributed by atoms with Crippen LogP contribution in [0.2, 0.25) is 0 Å². The molecular formula is C27H26ClF2N3O4. The van der Waals surface area contributed by atoms with E-state index < -0.39 is 17.6 Å². The zero-order chi connectivity index (χ0) is 25.8. The highest BCUT2D eigenvalue weighted by atomic mass is 35.5. The molecule has 0 aliphatic carbocycles. The number of hydrogen-bond acceptors (Lipinski definition) is 6. The van der Waals surface area contributed by atoms with Crippen molar-refractivity contribution in [1.29, 1.82) is 0 Å². The van der Waals surface area contributed by atoms with E-state index in [9.17, 15) is 13.6 Å². The monoisotopic (exact) mass is 529 g/mol. The highest BCUT2D eigenvalue weighted by molar-refractivity contribution is 5.85. The molecule has 194 valence electrons. The highest BCUT2D eigenvalue weighted by Crippen LogP contribution is 2.32. The number of aromatic nitrogens is 2. The summed E-state index contributed by atoms with van der Waals surface area (Å²) in [7, 11) is 3.18. The summed E-state index contributed by atoms with van der Waals surface area (Å²) in [5.41, 5.74) is 4.92. The Hall–Kier alpha value is -3.66. The van der Waals surface area contributed by atoms with Gasteiger partial charge in [0.2, 0.25) is 5.82 Å². The summed E-state index contributed by atoms with van der Waals surface area (Å²) in [6.07, 6.45) is 0. The van der Waals surface area contributed by atoms with Crippen molar-refractivity contribution in [3.63, 3.8) is 0 Å². The van der Waals surface area contributed by atoms with Gasteiger partial charge in [0.25, 0.3) is 5.89 Å². The van der Waals surface area contributed by atoms with E-state index in [1.165, 1.54) is 11.0 Å². The number of aliphatic carboxylic acids is 1. The zero-order valence-corrected chi connectivity index (χ0v) is 21.3. The van der Waals surface area contributed by atoms with Crippen molar-refractivity contribution in [2.24, 2.45) is 0 Å². The van der Waals surface area contributed by atoms with Crippen LogP contribution in [0.15, 0.2) is 59.1 Å². The Kier molecular flexibility index (Phi) is 9.09. The van der Waals surface area contributed by atoms with Crippen molar-refractivity contribution in [2.75, 3.05) is 20.7 Å². The Morgan fingerprint density at radius 1 is 1.08 bits per heavy atom. The van der Waals surface area contributed by atoms with Gasteiger partial charge in [-0.2, -0.15) is 4.98 Å². The molecule has 4 rings (SSSR count). The topological polar surface area (TPSA) is 88.7 Å². The summed E-state index contributed by atoms with van der Waals surface area (Å²) in [5, 5.41) is 12.8. The van der Waals surface area contributed by atoms with Gasteiger partial charge in [0.1, 0.15) is 0 Å². The highest BCUT2D eigenvalue weighted by Gasteiger charge is 2.20. The molecule has 0 saturated heterocycles. The molecule has 1 N–H and O–H groups in total. The number of carbonyl (C=O) groups is 1. The maximum Gasteiger partial charge on any atom is 0.317 e. The first-order chi connectivity index (χ1) is 17.3. The molecule has 0 radical (unpaired) electrons. The fraction of sp³-hybridized carbons (Fsp3) is 0.222. The van der Waals surface area contributed by atoms with Gasteiger partial charge >= 0.3 is 5.97 Å². The number of carboxylic acid groups (broad SMARTS) is 1. The SMILES string of the molecule is COCc1cc(-c2nc(-c3cc(CN(C)CC(=O)O)cc(F)c3F)no2)ccc1-c1ccccc1C.Cl. The minimum atomic E-state index is -1.11. The normalized spacial score (nSPS) is 11.0. The predicted octanol–water partition coefficient (Wildman–Crippen LogP) is 5.74. The maximum atomic E-state index is 14.6. The van der Waals surface area contributed by atoms with Gasteiger partial charge in [-0.25, -0.2) is 8.78 Å². The third-order valence-electron chi connectivity index (χ3n) is 5.70. The molecule has 7 nitrogen and oxygen atoms in total. The van der Waals surface area contributed by atoms with E-state index in [4.69, 9.17) is 14.4 Å². The number of rotatable bonds is 9. The number of ether oxygens (including phenoxy) is 1. The first-order valence-corrected chi connectivity index (χ1v) is 11.2. The van der Waals surface area contributed by atoms with E-state index in [1.54, 1.807) is 14.2 Å². The molecule has 0 unspecified atom stereocenters. The summed E-state index contributed by atoms with van der Waals surface area (Å²) >= 11 is 0. The molecular weight excluding hydrogens is 504 g/mol. The quantitative estimate of drug-likeness (QED) is 0.295. The van der Waals surface area contributed by atoms with Crippen LogP contribution in [0.5, 0.6) is 0 Å². The number of likely N-dealkylation sites (N-methyl/N-ethyl adjacent to an activating group) is 1. The molecule has 0 aliphatic heterocycles. The number of nitrogens with zero attached hydrogens (tertiary/aromatic N) is 3. The number of aryl methyl sites for hydroxylation is 1. The fourth-order valence-corrected chi connectivity index (χ4v) is 4.09. The minimum absolute atomic E-state index is 0. The molecule has 0 spiro atoms. The molecule has 0 saturated carbocycles. The van der Waals surface area contributed by atoms with E-state index in [0.717, 1.165) is 28.3 Å². The van der Waals surface area contributed by atoms with Crippen LogP contribution in [-0.2, 0) is 22.7 Å². The average Bonchev–Trinajstić information content (AvgIpc) is 3.31. The van der Waals surface area contributed by atoms with Gasteiger partial charge < -0.3 is 14.4 Å². The van der Waals surface area contributed by atoms with Crippen LogP contribution in [0.3, 0.4) is 0 Å².